The quantitative estimate of drug-likeness (QED) is 0.706. The van der Waals surface area contributed by atoms with Gasteiger partial charge >= 0.3 is 0 Å². The third-order valence-electron chi connectivity index (χ3n) is 4.71. The Morgan fingerprint density at radius 2 is 1.31 bits per heavy atom. The van der Waals surface area contributed by atoms with Crippen LogP contribution in [0.1, 0.15) is 22.7 Å². The van der Waals surface area contributed by atoms with Crippen LogP contribution in [-0.2, 0) is 6.54 Å². The van der Waals surface area contributed by atoms with Crippen molar-refractivity contribution in [2.45, 2.75) is 12.6 Å². The Kier molecular flexibility index (Phi) is 5.92. The maximum Gasteiger partial charge on any atom is 0.169 e. The molecule has 3 heteroatoms. The molecule has 0 amide bonds. The second kappa shape index (κ2) is 8.54. The minimum absolute atomic E-state index is 0.244. The van der Waals surface area contributed by atoms with Crippen molar-refractivity contribution in [3.63, 3.8) is 0 Å². The van der Waals surface area contributed by atoms with Gasteiger partial charge in [-0.15, -0.1) is 0 Å². The first-order chi connectivity index (χ1) is 12.7. The Hall–Kier alpha value is -2.78. The fourth-order valence-corrected chi connectivity index (χ4v) is 3.55. The molecular weight excluding hydrogens is 322 g/mol. The normalized spacial score (nSPS) is 12.0. The summed E-state index contributed by atoms with van der Waals surface area (Å²) in [6, 6.07) is 27.6. The summed E-state index contributed by atoms with van der Waals surface area (Å²) in [5.41, 5.74) is 3.75. The van der Waals surface area contributed by atoms with E-state index in [4.69, 9.17) is 9.47 Å². The number of rotatable bonds is 7. The van der Waals surface area contributed by atoms with Crippen LogP contribution >= 0.6 is 0 Å². The Balaban J connectivity index is 1.96. The minimum Gasteiger partial charge on any atom is -0.493 e. The molecule has 3 nitrogen and oxygen atoms in total. The summed E-state index contributed by atoms with van der Waals surface area (Å²) in [4.78, 5) is 1.37. The first-order valence-corrected chi connectivity index (χ1v) is 8.86. The largest absolute Gasteiger partial charge is 0.493 e. The van der Waals surface area contributed by atoms with Gasteiger partial charge in [0, 0.05) is 11.1 Å². The summed E-state index contributed by atoms with van der Waals surface area (Å²) in [5.74, 6) is 1.59. The summed E-state index contributed by atoms with van der Waals surface area (Å²) < 4.78 is 11.1. The number of benzene rings is 3. The lowest BCUT2D eigenvalue weighted by atomic mass is 9.97. The molecule has 0 fully saturated rings. The number of para-hydroxylation sites is 1. The van der Waals surface area contributed by atoms with Crippen LogP contribution in [0, 0.1) is 0 Å². The number of hydrogen-bond acceptors (Lipinski definition) is 2. The highest BCUT2D eigenvalue weighted by Crippen LogP contribution is 2.30. The predicted molar refractivity (Wildman–Crippen MR) is 105 cm³/mol. The summed E-state index contributed by atoms with van der Waals surface area (Å²) in [6.07, 6.45) is 0. The van der Waals surface area contributed by atoms with E-state index in [-0.39, 0.29) is 6.04 Å². The molecule has 3 aromatic rings. The predicted octanol–water partition coefficient (Wildman–Crippen LogP) is 3.51. The fourth-order valence-electron chi connectivity index (χ4n) is 3.55. The zero-order valence-corrected chi connectivity index (χ0v) is 15.6. The van der Waals surface area contributed by atoms with Crippen molar-refractivity contribution >= 4 is 0 Å². The van der Waals surface area contributed by atoms with Gasteiger partial charge in [-0.05, 0) is 12.1 Å². The van der Waals surface area contributed by atoms with E-state index in [0.29, 0.717) is 0 Å². The van der Waals surface area contributed by atoms with Crippen LogP contribution in [-0.4, -0.2) is 21.3 Å². The first-order valence-electron chi connectivity index (χ1n) is 8.86. The van der Waals surface area contributed by atoms with Crippen LogP contribution in [0.5, 0.6) is 11.5 Å². The van der Waals surface area contributed by atoms with Crippen LogP contribution in [0.3, 0.4) is 0 Å². The topological polar surface area (TPSA) is 22.9 Å². The van der Waals surface area contributed by atoms with Gasteiger partial charge in [0.15, 0.2) is 11.5 Å². The maximum absolute atomic E-state index is 5.62. The van der Waals surface area contributed by atoms with Gasteiger partial charge in [-0.3, -0.25) is 0 Å². The third kappa shape index (κ3) is 3.89. The summed E-state index contributed by atoms with van der Waals surface area (Å²) in [6.45, 7) is 0.828. The molecule has 0 saturated carbocycles. The Bertz CT molecular complexity index is 779. The standard InChI is InChI=1S/C23H25NO2/c1-24(17-20-15-10-16-21(25-2)23(20)26-3)22(18-11-6-4-7-12-18)19-13-8-5-9-14-19/h4-16,22H,17H2,1-3H3/p+1. The molecule has 0 spiro atoms. The molecule has 0 bridgehead atoms. The van der Waals surface area contributed by atoms with E-state index in [0.717, 1.165) is 23.6 Å². The van der Waals surface area contributed by atoms with Crippen LogP contribution in [0.25, 0.3) is 0 Å². The van der Waals surface area contributed by atoms with Gasteiger partial charge in [0.25, 0.3) is 0 Å². The lowest BCUT2D eigenvalue weighted by molar-refractivity contribution is -0.919. The highest BCUT2D eigenvalue weighted by atomic mass is 16.5. The molecule has 0 radical (unpaired) electrons. The Morgan fingerprint density at radius 1 is 0.731 bits per heavy atom. The first kappa shape index (κ1) is 18.0. The smallest absolute Gasteiger partial charge is 0.169 e. The lowest BCUT2D eigenvalue weighted by Gasteiger charge is -2.27. The Labute approximate surface area is 155 Å². The van der Waals surface area contributed by atoms with Gasteiger partial charge in [0.05, 0.1) is 26.8 Å². The van der Waals surface area contributed by atoms with E-state index in [9.17, 15) is 0 Å². The average Bonchev–Trinajstić information content (AvgIpc) is 2.69. The van der Waals surface area contributed by atoms with Crippen LogP contribution in [0.2, 0.25) is 0 Å². The second-order valence-electron chi connectivity index (χ2n) is 6.43. The number of ether oxygens (including phenoxy) is 2. The third-order valence-corrected chi connectivity index (χ3v) is 4.71. The molecule has 0 aliphatic heterocycles. The molecule has 1 atom stereocenters. The fraction of sp³-hybridized carbons (Fsp3) is 0.217. The van der Waals surface area contributed by atoms with E-state index < -0.39 is 0 Å². The van der Waals surface area contributed by atoms with Gasteiger partial charge in [0.1, 0.15) is 12.6 Å². The average molecular weight is 348 g/mol. The van der Waals surface area contributed by atoms with E-state index in [1.54, 1.807) is 14.2 Å². The lowest BCUT2D eigenvalue weighted by Crippen LogP contribution is -3.08. The molecule has 1 N–H and O–H groups in total. The molecule has 3 aromatic carbocycles. The van der Waals surface area contributed by atoms with Gasteiger partial charge in [-0.25, -0.2) is 0 Å². The summed E-state index contributed by atoms with van der Waals surface area (Å²) in [7, 11) is 5.60. The molecule has 1 unspecified atom stereocenters. The van der Waals surface area contributed by atoms with Gasteiger partial charge in [-0.2, -0.15) is 0 Å². The highest BCUT2D eigenvalue weighted by molar-refractivity contribution is 5.46. The molecule has 0 saturated heterocycles. The van der Waals surface area contributed by atoms with E-state index in [1.807, 2.05) is 12.1 Å². The highest BCUT2D eigenvalue weighted by Gasteiger charge is 2.24. The number of nitrogens with one attached hydrogen (secondary N) is 1. The molecule has 0 aromatic heterocycles. The van der Waals surface area contributed by atoms with E-state index in [1.165, 1.54) is 16.0 Å². The molecule has 0 aliphatic carbocycles. The van der Waals surface area contributed by atoms with Gasteiger partial charge in [0.2, 0.25) is 0 Å². The second-order valence-corrected chi connectivity index (χ2v) is 6.43. The number of hydrogen-bond donors (Lipinski definition) is 1. The van der Waals surface area contributed by atoms with E-state index >= 15 is 0 Å². The van der Waals surface area contributed by atoms with Gasteiger partial charge < -0.3 is 14.4 Å². The van der Waals surface area contributed by atoms with Crippen molar-refractivity contribution in [1.82, 2.24) is 0 Å². The van der Waals surface area contributed by atoms with Crippen molar-refractivity contribution in [1.29, 1.82) is 0 Å². The summed E-state index contributed by atoms with van der Waals surface area (Å²) in [5, 5.41) is 0. The van der Waals surface area contributed by atoms with Crippen molar-refractivity contribution in [3.8, 4) is 11.5 Å². The van der Waals surface area contributed by atoms with Crippen molar-refractivity contribution in [2.75, 3.05) is 21.3 Å². The van der Waals surface area contributed by atoms with Crippen molar-refractivity contribution in [2.24, 2.45) is 0 Å². The number of methoxy groups -OCH3 is 2. The minimum atomic E-state index is 0.244. The number of quaternary nitrogens is 1. The summed E-state index contributed by atoms with van der Waals surface area (Å²) >= 11 is 0. The zero-order valence-electron chi connectivity index (χ0n) is 15.6. The van der Waals surface area contributed by atoms with Gasteiger partial charge in [-0.1, -0.05) is 66.7 Å². The van der Waals surface area contributed by atoms with E-state index in [2.05, 4.69) is 73.8 Å². The molecule has 0 heterocycles. The van der Waals surface area contributed by atoms with Crippen molar-refractivity contribution in [3.05, 3.63) is 95.6 Å². The maximum atomic E-state index is 5.62. The van der Waals surface area contributed by atoms with Crippen LogP contribution in [0.15, 0.2) is 78.9 Å². The monoisotopic (exact) mass is 348 g/mol. The Morgan fingerprint density at radius 3 is 1.81 bits per heavy atom. The van der Waals surface area contributed by atoms with Crippen LogP contribution in [0.4, 0.5) is 0 Å². The molecular formula is C23H26NO2+. The molecule has 3 rings (SSSR count). The SMILES string of the molecule is COc1cccc(C[NH+](C)C(c2ccccc2)c2ccccc2)c1OC. The van der Waals surface area contributed by atoms with Crippen LogP contribution < -0.4 is 14.4 Å². The van der Waals surface area contributed by atoms with Crippen molar-refractivity contribution < 1.29 is 14.4 Å². The molecule has 26 heavy (non-hydrogen) atoms. The zero-order chi connectivity index (χ0) is 18.4. The molecule has 134 valence electrons. The molecule has 0 aliphatic rings.